The molecule has 0 atom stereocenters. The van der Waals surface area contributed by atoms with Crippen LogP contribution in [0.15, 0.2) is 74.9 Å². The minimum Gasteiger partial charge on any atom is -0.417 e. The molecule has 2 N–H and O–H groups in total. The monoisotopic (exact) mass is 551 g/mol. The number of sulfonamides is 1. The molecule has 11 heteroatoms. The fraction of sp³-hybridized carbons (Fsp3) is 0.0435. The van der Waals surface area contributed by atoms with Crippen molar-refractivity contribution in [2.45, 2.75) is 15.5 Å². The van der Waals surface area contributed by atoms with Gasteiger partial charge in [0, 0.05) is 32.3 Å². The Kier molecular flexibility index (Phi) is 7.67. The van der Waals surface area contributed by atoms with E-state index in [1.54, 1.807) is 30.4 Å². The second kappa shape index (κ2) is 10.5. The third-order valence-electron chi connectivity index (χ3n) is 4.64. The summed E-state index contributed by atoms with van der Waals surface area (Å²) in [7, 11) is -4.05. The highest BCUT2D eigenvalue weighted by Gasteiger charge is 2.21. The third kappa shape index (κ3) is 5.83. The fourth-order valence-corrected chi connectivity index (χ4v) is 5.90. The van der Waals surface area contributed by atoms with E-state index in [2.05, 4.69) is 10.2 Å². The lowest BCUT2D eigenvalue weighted by atomic mass is 10.2. The molecule has 1 heterocycles. The first-order chi connectivity index (χ1) is 16.2. The SMILES string of the molecule is NS(=O)(=O)c1cc(-c2nnc(/C=C/c3c(Cl)cccc3Cl)o2)c(Cl)cc1SCc1ccccc1. The molecule has 6 nitrogen and oxygen atoms in total. The molecule has 0 fully saturated rings. The maximum absolute atomic E-state index is 12.3. The van der Waals surface area contributed by atoms with Crippen molar-refractivity contribution in [1.82, 2.24) is 10.2 Å². The molecule has 1 aromatic heterocycles. The molecular weight excluding hydrogens is 537 g/mol. The molecule has 0 saturated carbocycles. The van der Waals surface area contributed by atoms with Crippen LogP contribution in [0.5, 0.6) is 0 Å². The van der Waals surface area contributed by atoms with Gasteiger partial charge in [-0.2, -0.15) is 0 Å². The van der Waals surface area contributed by atoms with E-state index in [1.807, 2.05) is 30.3 Å². The van der Waals surface area contributed by atoms with Gasteiger partial charge in [0.05, 0.1) is 15.5 Å². The molecule has 0 aliphatic carbocycles. The Bertz CT molecular complexity index is 1450. The van der Waals surface area contributed by atoms with E-state index in [0.717, 1.165) is 5.56 Å². The van der Waals surface area contributed by atoms with Crippen molar-refractivity contribution >= 4 is 68.7 Å². The zero-order chi connectivity index (χ0) is 24.3. The molecule has 0 spiro atoms. The average molecular weight is 553 g/mol. The first-order valence-corrected chi connectivity index (χ1v) is 13.4. The molecular formula is C23H16Cl3N3O3S2. The van der Waals surface area contributed by atoms with Gasteiger partial charge in [0.2, 0.25) is 21.8 Å². The Labute approximate surface area is 215 Å². The standard InChI is InChI=1S/C23H16Cl3N3O3S2/c24-17-7-4-8-18(25)15(17)9-10-22-28-29-23(32-22)16-11-21(34(27,30)31)20(12-19(16)26)33-13-14-5-2-1-3-6-14/h1-12H,13H2,(H2,27,30,31)/b10-9+. The molecule has 0 bridgehead atoms. The van der Waals surface area contributed by atoms with Crippen LogP contribution in [-0.4, -0.2) is 18.6 Å². The molecule has 34 heavy (non-hydrogen) atoms. The van der Waals surface area contributed by atoms with Gasteiger partial charge in [-0.15, -0.1) is 22.0 Å². The highest BCUT2D eigenvalue weighted by Crippen LogP contribution is 2.37. The van der Waals surface area contributed by atoms with E-state index in [0.29, 0.717) is 26.3 Å². The summed E-state index contributed by atoms with van der Waals surface area (Å²) >= 11 is 20.1. The van der Waals surface area contributed by atoms with Crippen molar-refractivity contribution in [1.29, 1.82) is 0 Å². The lowest BCUT2D eigenvalue weighted by Crippen LogP contribution is -2.13. The van der Waals surface area contributed by atoms with Crippen molar-refractivity contribution in [2.24, 2.45) is 5.14 Å². The van der Waals surface area contributed by atoms with Crippen molar-refractivity contribution in [3.63, 3.8) is 0 Å². The minimum atomic E-state index is -4.05. The molecule has 0 aliphatic heterocycles. The molecule has 0 unspecified atom stereocenters. The lowest BCUT2D eigenvalue weighted by Gasteiger charge is -2.10. The number of rotatable bonds is 7. The van der Waals surface area contributed by atoms with Crippen LogP contribution >= 0.6 is 46.6 Å². The van der Waals surface area contributed by atoms with Crippen LogP contribution in [0, 0.1) is 0 Å². The van der Waals surface area contributed by atoms with Crippen molar-refractivity contribution < 1.29 is 12.8 Å². The van der Waals surface area contributed by atoms with Crippen molar-refractivity contribution in [3.8, 4) is 11.5 Å². The number of benzene rings is 3. The normalized spacial score (nSPS) is 11.9. The maximum Gasteiger partial charge on any atom is 0.249 e. The fourth-order valence-electron chi connectivity index (χ4n) is 3.00. The van der Waals surface area contributed by atoms with Gasteiger partial charge in [-0.3, -0.25) is 0 Å². The van der Waals surface area contributed by atoms with Crippen LogP contribution in [0.4, 0.5) is 0 Å². The Morgan fingerprint density at radius 2 is 1.62 bits per heavy atom. The van der Waals surface area contributed by atoms with Gasteiger partial charge in [0.1, 0.15) is 0 Å². The second-order valence-corrected chi connectivity index (χ2v) is 10.8. The maximum atomic E-state index is 12.3. The number of hydrogen-bond donors (Lipinski definition) is 1. The molecule has 174 valence electrons. The Hall–Kier alpha value is -2.33. The number of nitrogens with two attached hydrogens (primary N) is 1. The van der Waals surface area contributed by atoms with Gasteiger partial charge in [-0.05, 0) is 35.9 Å². The molecule has 4 rings (SSSR count). The zero-order valence-electron chi connectivity index (χ0n) is 17.3. The topological polar surface area (TPSA) is 99.1 Å². The first kappa shape index (κ1) is 24.8. The van der Waals surface area contributed by atoms with Crippen LogP contribution in [0.3, 0.4) is 0 Å². The van der Waals surface area contributed by atoms with E-state index in [9.17, 15) is 8.42 Å². The molecule has 0 saturated heterocycles. The van der Waals surface area contributed by atoms with E-state index in [4.69, 9.17) is 44.4 Å². The smallest absolute Gasteiger partial charge is 0.249 e. The second-order valence-electron chi connectivity index (χ2n) is 7.01. The molecule has 0 radical (unpaired) electrons. The van der Waals surface area contributed by atoms with Gasteiger partial charge in [-0.25, -0.2) is 13.6 Å². The summed E-state index contributed by atoms with van der Waals surface area (Å²) in [6.45, 7) is 0. The first-order valence-electron chi connectivity index (χ1n) is 9.71. The third-order valence-corrected chi connectivity index (χ3v) is 7.82. The van der Waals surface area contributed by atoms with Crippen LogP contribution < -0.4 is 5.14 Å². The average Bonchev–Trinajstić information content (AvgIpc) is 3.26. The number of thioether (sulfide) groups is 1. The van der Waals surface area contributed by atoms with Crippen LogP contribution in [-0.2, 0) is 15.8 Å². The summed E-state index contributed by atoms with van der Waals surface area (Å²) in [6, 6.07) is 17.7. The largest absolute Gasteiger partial charge is 0.417 e. The number of primary sulfonamides is 1. The van der Waals surface area contributed by atoms with E-state index < -0.39 is 10.0 Å². The highest BCUT2D eigenvalue weighted by atomic mass is 35.5. The molecule has 0 aliphatic rings. The van der Waals surface area contributed by atoms with Crippen molar-refractivity contribution in [3.05, 3.63) is 92.7 Å². The summed E-state index contributed by atoms with van der Waals surface area (Å²) in [5.74, 6) is 0.736. The quantitative estimate of drug-likeness (QED) is 0.253. The molecule has 0 amide bonds. The molecule has 3 aromatic carbocycles. The molecule has 4 aromatic rings. The number of nitrogens with zero attached hydrogens (tertiary/aromatic N) is 2. The van der Waals surface area contributed by atoms with E-state index >= 15 is 0 Å². The van der Waals surface area contributed by atoms with Crippen LogP contribution in [0.25, 0.3) is 23.6 Å². The Morgan fingerprint density at radius 3 is 2.29 bits per heavy atom. The minimum absolute atomic E-state index is 0.0411. The van der Waals surface area contributed by atoms with Crippen LogP contribution in [0.1, 0.15) is 17.0 Å². The number of hydrogen-bond acceptors (Lipinski definition) is 6. The highest BCUT2D eigenvalue weighted by molar-refractivity contribution is 7.99. The Balaban J connectivity index is 1.65. The summed E-state index contributed by atoms with van der Waals surface area (Å²) < 4.78 is 30.3. The predicted octanol–water partition coefficient (Wildman–Crippen LogP) is 6.81. The zero-order valence-corrected chi connectivity index (χ0v) is 21.2. The summed E-state index contributed by atoms with van der Waals surface area (Å²) in [4.78, 5) is 0.346. The number of aromatic nitrogens is 2. The van der Waals surface area contributed by atoms with Crippen LogP contribution in [0.2, 0.25) is 15.1 Å². The summed E-state index contributed by atoms with van der Waals surface area (Å²) in [5.41, 5.74) is 1.87. The van der Waals surface area contributed by atoms with Gasteiger partial charge in [-0.1, -0.05) is 71.2 Å². The van der Waals surface area contributed by atoms with Gasteiger partial charge < -0.3 is 4.42 Å². The van der Waals surface area contributed by atoms with E-state index in [-0.39, 0.29) is 27.3 Å². The lowest BCUT2D eigenvalue weighted by molar-refractivity contribution is 0.557. The van der Waals surface area contributed by atoms with Gasteiger partial charge in [0.15, 0.2) is 0 Å². The van der Waals surface area contributed by atoms with Gasteiger partial charge in [0.25, 0.3) is 0 Å². The summed E-state index contributed by atoms with van der Waals surface area (Å²) in [5, 5.41) is 14.6. The van der Waals surface area contributed by atoms with E-state index in [1.165, 1.54) is 23.9 Å². The predicted molar refractivity (Wildman–Crippen MR) is 138 cm³/mol. The van der Waals surface area contributed by atoms with Gasteiger partial charge >= 0.3 is 0 Å². The summed E-state index contributed by atoms with van der Waals surface area (Å²) in [6.07, 6.45) is 3.19. The Morgan fingerprint density at radius 1 is 0.912 bits per heavy atom. The van der Waals surface area contributed by atoms with Crippen molar-refractivity contribution in [2.75, 3.05) is 0 Å². The number of halogens is 3.